The Labute approximate surface area is 176 Å². The Morgan fingerprint density at radius 1 is 1.20 bits per heavy atom. The third-order valence-electron chi connectivity index (χ3n) is 6.50. The Kier molecular flexibility index (Phi) is 5.84. The highest BCUT2D eigenvalue weighted by atomic mass is 19.1. The highest BCUT2D eigenvalue weighted by Crippen LogP contribution is 2.45. The fourth-order valence-electron chi connectivity index (χ4n) is 5.04. The number of benzene rings is 1. The second-order valence-corrected chi connectivity index (χ2v) is 8.45. The summed E-state index contributed by atoms with van der Waals surface area (Å²) in [6.45, 7) is 2.57. The Morgan fingerprint density at radius 3 is 2.73 bits per heavy atom. The van der Waals surface area contributed by atoms with Crippen LogP contribution in [0.3, 0.4) is 0 Å². The summed E-state index contributed by atoms with van der Waals surface area (Å²) in [6, 6.07) is 10.5. The zero-order valence-electron chi connectivity index (χ0n) is 17.4. The number of carbonyl (C=O) groups is 2. The summed E-state index contributed by atoms with van der Waals surface area (Å²) in [4.78, 5) is 31.5. The standard InChI is InChI=1S/C24H28FN3O2/c1-17(29)27-16-21-14-18(9-12-26-21)22-8-5-13-28(22)23(30)24(10-2-3-11-24)19-6-4-7-20(25)15-19/h4,6-7,9,12,14-15,22H,2-3,5,8,10-11,13,16H2,1H3,(H,27,29)/t22-/m1/s1. The molecule has 0 spiro atoms. The van der Waals surface area contributed by atoms with Crippen molar-refractivity contribution >= 4 is 11.8 Å². The Bertz CT molecular complexity index is 940. The van der Waals surface area contributed by atoms with Crippen molar-refractivity contribution in [1.29, 1.82) is 0 Å². The Hall–Kier alpha value is -2.76. The van der Waals surface area contributed by atoms with Crippen LogP contribution in [0.15, 0.2) is 42.6 Å². The number of hydrogen-bond donors (Lipinski definition) is 1. The molecule has 4 rings (SSSR count). The second kappa shape index (κ2) is 8.54. The molecule has 1 atom stereocenters. The average molecular weight is 410 g/mol. The first-order chi connectivity index (χ1) is 14.5. The second-order valence-electron chi connectivity index (χ2n) is 8.45. The van der Waals surface area contributed by atoms with E-state index >= 15 is 0 Å². The lowest BCUT2D eigenvalue weighted by Crippen LogP contribution is -2.45. The fraction of sp³-hybridized carbons (Fsp3) is 0.458. The number of pyridine rings is 1. The number of rotatable bonds is 5. The molecule has 2 fully saturated rings. The van der Waals surface area contributed by atoms with E-state index < -0.39 is 5.41 Å². The van der Waals surface area contributed by atoms with Gasteiger partial charge >= 0.3 is 0 Å². The molecule has 2 aromatic rings. The van der Waals surface area contributed by atoms with Crippen LogP contribution in [-0.4, -0.2) is 28.2 Å². The maximum Gasteiger partial charge on any atom is 0.233 e. The van der Waals surface area contributed by atoms with Crippen molar-refractivity contribution in [3.05, 3.63) is 65.2 Å². The van der Waals surface area contributed by atoms with E-state index in [1.165, 1.54) is 19.1 Å². The van der Waals surface area contributed by atoms with Gasteiger partial charge in [0.15, 0.2) is 0 Å². The minimum atomic E-state index is -0.628. The van der Waals surface area contributed by atoms with Crippen molar-refractivity contribution in [3.8, 4) is 0 Å². The Balaban J connectivity index is 1.62. The van der Waals surface area contributed by atoms with Gasteiger partial charge in [-0.1, -0.05) is 25.0 Å². The molecule has 1 aromatic carbocycles. The smallest absolute Gasteiger partial charge is 0.233 e. The number of likely N-dealkylation sites (tertiary alicyclic amines) is 1. The molecule has 5 nitrogen and oxygen atoms in total. The summed E-state index contributed by atoms with van der Waals surface area (Å²) < 4.78 is 14.0. The number of nitrogens with one attached hydrogen (secondary N) is 1. The molecular weight excluding hydrogens is 381 g/mol. The molecule has 0 radical (unpaired) electrons. The molecular formula is C24H28FN3O2. The van der Waals surface area contributed by atoms with Gasteiger partial charge in [0.05, 0.1) is 23.7 Å². The molecule has 2 heterocycles. The number of amides is 2. The minimum absolute atomic E-state index is 0.0115. The van der Waals surface area contributed by atoms with Crippen molar-refractivity contribution < 1.29 is 14.0 Å². The van der Waals surface area contributed by atoms with Gasteiger partial charge in [0.2, 0.25) is 11.8 Å². The molecule has 1 saturated carbocycles. The first-order valence-electron chi connectivity index (χ1n) is 10.8. The number of carbonyl (C=O) groups excluding carboxylic acids is 2. The van der Waals surface area contributed by atoms with E-state index in [4.69, 9.17) is 0 Å². The molecule has 6 heteroatoms. The Morgan fingerprint density at radius 2 is 2.00 bits per heavy atom. The van der Waals surface area contributed by atoms with Gasteiger partial charge < -0.3 is 10.2 Å². The lowest BCUT2D eigenvalue weighted by atomic mass is 9.77. The third kappa shape index (κ3) is 3.95. The van der Waals surface area contributed by atoms with Crippen molar-refractivity contribution in [2.24, 2.45) is 0 Å². The third-order valence-corrected chi connectivity index (χ3v) is 6.50. The lowest BCUT2D eigenvalue weighted by molar-refractivity contribution is -0.138. The van der Waals surface area contributed by atoms with E-state index in [9.17, 15) is 14.0 Å². The molecule has 158 valence electrons. The average Bonchev–Trinajstić information content (AvgIpc) is 3.42. The van der Waals surface area contributed by atoms with Crippen LogP contribution in [0.4, 0.5) is 4.39 Å². The van der Waals surface area contributed by atoms with Crippen molar-refractivity contribution in [3.63, 3.8) is 0 Å². The predicted octanol–water partition coefficient (Wildman–Crippen LogP) is 4.03. The molecule has 1 N–H and O–H groups in total. The van der Waals surface area contributed by atoms with Gasteiger partial charge in [-0.3, -0.25) is 14.6 Å². The molecule has 1 aliphatic carbocycles. The van der Waals surface area contributed by atoms with Gasteiger partial charge in [-0.15, -0.1) is 0 Å². The normalized spacial score (nSPS) is 20.3. The van der Waals surface area contributed by atoms with Gasteiger partial charge in [-0.25, -0.2) is 4.39 Å². The highest BCUT2D eigenvalue weighted by Gasteiger charge is 2.47. The molecule has 0 bridgehead atoms. The molecule has 1 saturated heterocycles. The van der Waals surface area contributed by atoms with Gasteiger partial charge in [-0.2, -0.15) is 0 Å². The fourth-order valence-corrected chi connectivity index (χ4v) is 5.04. The van der Waals surface area contributed by atoms with Crippen LogP contribution in [0, 0.1) is 5.82 Å². The van der Waals surface area contributed by atoms with Crippen LogP contribution in [0.25, 0.3) is 0 Å². The predicted molar refractivity (Wildman–Crippen MR) is 112 cm³/mol. The molecule has 30 heavy (non-hydrogen) atoms. The van der Waals surface area contributed by atoms with Gasteiger partial charge in [0, 0.05) is 19.7 Å². The SMILES string of the molecule is CC(=O)NCc1cc([C@H]2CCCN2C(=O)C2(c3cccc(F)c3)CCCC2)ccn1. The quantitative estimate of drug-likeness (QED) is 0.811. The summed E-state index contributed by atoms with van der Waals surface area (Å²) in [6.07, 6.45) is 7.08. The number of hydrogen-bond acceptors (Lipinski definition) is 3. The van der Waals surface area contributed by atoms with Crippen LogP contribution in [-0.2, 0) is 21.5 Å². The largest absolute Gasteiger partial charge is 0.351 e. The molecule has 0 unspecified atom stereocenters. The molecule has 1 aliphatic heterocycles. The molecule has 2 amide bonds. The van der Waals surface area contributed by atoms with E-state index in [0.717, 1.165) is 55.3 Å². The van der Waals surface area contributed by atoms with Crippen molar-refractivity contribution in [2.45, 2.75) is 63.5 Å². The van der Waals surface area contributed by atoms with Gasteiger partial charge in [-0.05, 0) is 61.1 Å². The van der Waals surface area contributed by atoms with Crippen LogP contribution >= 0.6 is 0 Å². The number of aromatic nitrogens is 1. The summed E-state index contributed by atoms with van der Waals surface area (Å²) in [5.41, 5.74) is 2.00. The summed E-state index contributed by atoms with van der Waals surface area (Å²) in [5.74, 6) is -0.271. The first-order valence-corrected chi connectivity index (χ1v) is 10.8. The van der Waals surface area contributed by atoms with E-state index in [1.807, 2.05) is 23.1 Å². The lowest BCUT2D eigenvalue weighted by Gasteiger charge is -2.36. The van der Waals surface area contributed by atoms with Crippen LogP contribution < -0.4 is 5.32 Å². The van der Waals surface area contributed by atoms with Crippen molar-refractivity contribution in [2.75, 3.05) is 6.54 Å². The van der Waals surface area contributed by atoms with E-state index in [2.05, 4.69) is 10.3 Å². The molecule has 2 aliphatic rings. The van der Waals surface area contributed by atoms with Gasteiger partial charge in [0.1, 0.15) is 5.82 Å². The summed E-state index contributed by atoms with van der Waals surface area (Å²) in [5, 5.41) is 2.77. The topological polar surface area (TPSA) is 62.3 Å². The monoisotopic (exact) mass is 409 g/mol. The van der Waals surface area contributed by atoms with E-state index in [1.54, 1.807) is 12.3 Å². The molecule has 1 aromatic heterocycles. The van der Waals surface area contributed by atoms with E-state index in [-0.39, 0.29) is 23.7 Å². The summed E-state index contributed by atoms with van der Waals surface area (Å²) in [7, 11) is 0. The van der Waals surface area contributed by atoms with Crippen LogP contribution in [0.5, 0.6) is 0 Å². The van der Waals surface area contributed by atoms with E-state index in [0.29, 0.717) is 13.1 Å². The zero-order valence-corrected chi connectivity index (χ0v) is 17.4. The van der Waals surface area contributed by atoms with Crippen molar-refractivity contribution in [1.82, 2.24) is 15.2 Å². The van der Waals surface area contributed by atoms with Crippen LogP contribution in [0.2, 0.25) is 0 Å². The maximum atomic E-state index is 14.0. The minimum Gasteiger partial charge on any atom is -0.351 e. The highest BCUT2D eigenvalue weighted by molar-refractivity contribution is 5.89. The van der Waals surface area contributed by atoms with Crippen LogP contribution in [0.1, 0.15) is 68.3 Å². The first kappa shape index (κ1) is 20.5. The summed E-state index contributed by atoms with van der Waals surface area (Å²) >= 11 is 0. The number of halogens is 1. The zero-order chi connectivity index (χ0) is 21.1. The number of nitrogens with zero attached hydrogens (tertiary/aromatic N) is 2. The maximum absolute atomic E-state index is 14.0. The van der Waals surface area contributed by atoms with Gasteiger partial charge in [0.25, 0.3) is 0 Å².